The molecule has 38 heavy (non-hydrogen) atoms. The zero-order valence-corrected chi connectivity index (χ0v) is 21.1. The van der Waals surface area contributed by atoms with E-state index >= 15 is 0 Å². The SMILES string of the molecule is Cc1noc(-c2ccc(-c3ccc(OC4(C(=O)O)CCC4)cc3)cc2)c1NC(=O)OC(C)c1ccccc1. The number of aromatic nitrogens is 1. The molecular formula is C30H28N2O6. The van der Waals surface area contributed by atoms with Crippen molar-refractivity contribution in [3.63, 3.8) is 0 Å². The zero-order chi connectivity index (χ0) is 26.7. The second-order valence-electron chi connectivity index (χ2n) is 9.41. The summed E-state index contributed by atoms with van der Waals surface area (Å²) >= 11 is 0. The van der Waals surface area contributed by atoms with Gasteiger partial charge in [0.2, 0.25) is 5.60 Å². The molecule has 1 unspecified atom stereocenters. The third-order valence-corrected chi connectivity index (χ3v) is 6.84. The summed E-state index contributed by atoms with van der Waals surface area (Å²) in [5.74, 6) is 0.0502. The standard InChI is InChI=1S/C30H28N2O6/c1-19-26(31-29(35)36-20(2)21-7-4-3-5-8-21)27(38-32-19)24-11-9-22(10-12-24)23-13-15-25(16-14-23)37-30(28(33)34)17-6-18-30/h3-5,7-16,20H,6,17-18H2,1-2H3,(H,31,35)(H,33,34). The largest absolute Gasteiger partial charge is 0.478 e. The highest BCUT2D eigenvalue weighted by Crippen LogP contribution is 2.38. The van der Waals surface area contributed by atoms with Crippen LogP contribution in [0.2, 0.25) is 0 Å². The van der Waals surface area contributed by atoms with Gasteiger partial charge in [-0.1, -0.05) is 71.9 Å². The Labute approximate surface area is 220 Å². The van der Waals surface area contributed by atoms with Gasteiger partial charge in [0.25, 0.3) is 0 Å². The molecule has 1 aromatic heterocycles. The van der Waals surface area contributed by atoms with Crippen LogP contribution in [0.1, 0.15) is 43.5 Å². The van der Waals surface area contributed by atoms with Crippen molar-refractivity contribution in [3.8, 4) is 28.2 Å². The quantitative estimate of drug-likeness (QED) is 0.261. The number of anilines is 1. The minimum absolute atomic E-state index is 0.417. The van der Waals surface area contributed by atoms with Gasteiger partial charge >= 0.3 is 12.1 Å². The Morgan fingerprint density at radius 3 is 2.13 bits per heavy atom. The van der Waals surface area contributed by atoms with Crippen molar-refractivity contribution < 1.29 is 28.7 Å². The molecule has 1 amide bonds. The maximum absolute atomic E-state index is 12.6. The van der Waals surface area contributed by atoms with Crippen LogP contribution in [0.5, 0.6) is 5.75 Å². The van der Waals surface area contributed by atoms with E-state index in [0.717, 1.165) is 28.7 Å². The summed E-state index contributed by atoms with van der Waals surface area (Å²) in [6.07, 6.45) is 0.881. The molecule has 3 aromatic carbocycles. The van der Waals surface area contributed by atoms with E-state index in [1.165, 1.54) is 0 Å². The Balaban J connectivity index is 1.27. The highest BCUT2D eigenvalue weighted by molar-refractivity contribution is 5.91. The van der Waals surface area contributed by atoms with Crippen LogP contribution in [0.3, 0.4) is 0 Å². The van der Waals surface area contributed by atoms with Crippen molar-refractivity contribution in [2.45, 2.75) is 44.8 Å². The Kier molecular flexibility index (Phi) is 6.87. The third-order valence-electron chi connectivity index (χ3n) is 6.84. The normalized spacial score (nSPS) is 14.7. The first-order chi connectivity index (χ1) is 18.3. The molecule has 0 bridgehead atoms. The van der Waals surface area contributed by atoms with Crippen LogP contribution in [0.4, 0.5) is 10.5 Å². The smallest absolute Gasteiger partial charge is 0.412 e. The average molecular weight is 513 g/mol. The number of rotatable bonds is 8. The lowest BCUT2D eigenvalue weighted by Crippen LogP contribution is -2.50. The van der Waals surface area contributed by atoms with Crippen LogP contribution in [0.15, 0.2) is 83.4 Å². The first-order valence-corrected chi connectivity index (χ1v) is 12.5. The number of carboxylic acid groups (broad SMARTS) is 1. The fourth-order valence-electron chi connectivity index (χ4n) is 4.41. The second kappa shape index (κ2) is 10.4. The van der Waals surface area contributed by atoms with Crippen LogP contribution >= 0.6 is 0 Å². The summed E-state index contributed by atoms with van der Waals surface area (Å²) in [5.41, 5.74) is 3.43. The minimum Gasteiger partial charge on any atom is -0.478 e. The maximum Gasteiger partial charge on any atom is 0.412 e. The fraction of sp³-hybridized carbons (Fsp3) is 0.233. The predicted octanol–water partition coefficient (Wildman–Crippen LogP) is 7.01. The van der Waals surface area contributed by atoms with Gasteiger partial charge in [0.1, 0.15) is 23.2 Å². The van der Waals surface area contributed by atoms with E-state index in [-0.39, 0.29) is 0 Å². The summed E-state index contributed by atoms with van der Waals surface area (Å²) in [4.78, 5) is 24.2. The van der Waals surface area contributed by atoms with Crippen molar-refractivity contribution >= 4 is 17.7 Å². The first kappa shape index (κ1) is 25.1. The number of aryl methyl sites for hydroxylation is 1. The van der Waals surface area contributed by atoms with Crippen molar-refractivity contribution in [1.29, 1.82) is 0 Å². The van der Waals surface area contributed by atoms with Crippen molar-refractivity contribution in [3.05, 3.63) is 90.1 Å². The van der Waals surface area contributed by atoms with E-state index in [1.807, 2.05) is 73.7 Å². The van der Waals surface area contributed by atoms with Gasteiger partial charge in [0.05, 0.1) is 0 Å². The molecule has 8 nitrogen and oxygen atoms in total. The second-order valence-corrected chi connectivity index (χ2v) is 9.41. The zero-order valence-electron chi connectivity index (χ0n) is 21.1. The van der Waals surface area contributed by atoms with E-state index in [2.05, 4.69) is 10.5 Å². The molecule has 4 aromatic rings. The Morgan fingerprint density at radius 2 is 1.55 bits per heavy atom. The number of nitrogens with zero attached hydrogens (tertiary/aromatic N) is 1. The molecule has 0 radical (unpaired) electrons. The van der Waals surface area contributed by atoms with Crippen LogP contribution in [0.25, 0.3) is 22.5 Å². The molecule has 1 heterocycles. The number of ether oxygens (including phenoxy) is 2. The number of carboxylic acids is 1. The highest BCUT2D eigenvalue weighted by atomic mass is 16.6. The van der Waals surface area contributed by atoms with E-state index in [9.17, 15) is 14.7 Å². The number of hydrogen-bond donors (Lipinski definition) is 2. The molecular weight excluding hydrogens is 484 g/mol. The van der Waals surface area contributed by atoms with Crippen molar-refractivity contribution in [1.82, 2.24) is 5.16 Å². The molecule has 1 saturated carbocycles. The number of hydrogen-bond acceptors (Lipinski definition) is 6. The molecule has 0 saturated heterocycles. The van der Waals surface area contributed by atoms with Gasteiger partial charge in [-0.05, 0) is 61.9 Å². The summed E-state index contributed by atoms with van der Waals surface area (Å²) in [7, 11) is 0. The fourth-order valence-corrected chi connectivity index (χ4v) is 4.41. The summed E-state index contributed by atoms with van der Waals surface area (Å²) in [6, 6.07) is 24.5. The predicted molar refractivity (Wildman–Crippen MR) is 142 cm³/mol. The molecule has 1 atom stereocenters. The third kappa shape index (κ3) is 5.11. The lowest BCUT2D eigenvalue weighted by molar-refractivity contribution is -0.163. The van der Waals surface area contributed by atoms with Gasteiger partial charge in [-0.2, -0.15) is 0 Å². The van der Waals surface area contributed by atoms with Gasteiger partial charge in [0, 0.05) is 5.56 Å². The van der Waals surface area contributed by atoms with Crippen LogP contribution in [-0.4, -0.2) is 27.9 Å². The Morgan fingerprint density at radius 1 is 0.947 bits per heavy atom. The molecule has 0 aliphatic heterocycles. The van der Waals surface area contributed by atoms with E-state index in [1.54, 1.807) is 19.1 Å². The van der Waals surface area contributed by atoms with E-state index in [4.69, 9.17) is 14.0 Å². The molecule has 5 rings (SSSR count). The molecule has 2 N–H and O–H groups in total. The lowest BCUT2D eigenvalue weighted by Gasteiger charge is -2.37. The molecule has 194 valence electrons. The van der Waals surface area contributed by atoms with Crippen molar-refractivity contribution in [2.24, 2.45) is 0 Å². The molecule has 8 heteroatoms. The average Bonchev–Trinajstić information content (AvgIpc) is 3.26. The Hall–Kier alpha value is -4.59. The van der Waals surface area contributed by atoms with Gasteiger partial charge in [0.15, 0.2) is 5.76 Å². The van der Waals surface area contributed by atoms with Gasteiger partial charge in [-0.15, -0.1) is 0 Å². The topological polar surface area (TPSA) is 111 Å². The number of carbonyl (C=O) groups is 2. The number of benzene rings is 3. The summed E-state index contributed by atoms with van der Waals surface area (Å²) in [6.45, 7) is 3.56. The Bertz CT molecular complexity index is 1420. The molecule has 0 spiro atoms. The molecule has 1 fully saturated rings. The summed E-state index contributed by atoms with van der Waals surface area (Å²) < 4.78 is 16.9. The number of amides is 1. The summed E-state index contributed by atoms with van der Waals surface area (Å²) in [5, 5.41) is 16.3. The van der Waals surface area contributed by atoms with E-state index in [0.29, 0.717) is 35.7 Å². The minimum atomic E-state index is -1.10. The lowest BCUT2D eigenvalue weighted by atomic mass is 9.80. The van der Waals surface area contributed by atoms with Gasteiger partial charge < -0.3 is 19.1 Å². The first-order valence-electron chi connectivity index (χ1n) is 12.5. The van der Waals surface area contributed by atoms with Gasteiger partial charge in [-0.3, -0.25) is 5.32 Å². The number of aliphatic carboxylic acids is 1. The monoisotopic (exact) mass is 512 g/mol. The number of carbonyl (C=O) groups excluding carboxylic acids is 1. The van der Waals surface area contributed by atoms with E-state index < -0.39 is 23.8 Å². The van der Waals surface area contributed by atoms with Crippen LogP contribution in [-0.2, 0) is 9.53 Å². The molecule has 1 aliphatic carbocycles. The van der Waals surface area contributed by atoms with Crippen LogP contribution < -0.4 is 10.1 Å². The highest BCUT2D eigenvalue weighted by Gasteiger charge is 2.47. The molecule has 1 aliphatic rings. The number of nitrogens with one attached hydrogen (secondary N) is 1. The van der Waals surface area contributed by atoms with Crippen LogP contribution in [0, 0.1) is 6.92 Å². The van der Waals surface area contributed by atoms with Gasteiger partial charge in [-0.25, -0.2) is 9.59 Å². The maximum atomic E-state index is 12.6. The van der Waals surface area contributed by atoms with Crippen molar-refractivity contribution in [2.75, 3.05) is 5.32 Å².